The van der Waals surface area contributed by atoms with E-state index in [-0.39, 0.29) is 11.4 Å². The molecule has 2 aromatic carbocycles. The zero-order valence-corrected chi connectivity index (χ0v) is 15.7. The number of carbonyl (C=O) groups excluding carboxylic acids is 1. The van der Waals surface area contributed by atoms with Gasteiger partial charge in [-0.2, -0.15) is 0 Å². The number of para-hydroxylation sites is 1. The van der Waals surface area contributed by atoms with Crippen molar-refractivity contribution in [3.05, 3.63) is 84.1 Å². The third-order valence-corrected chi connectivity index (χ3v) is 4.95. The third kappa shape index (κ3) is 4.18. The highest BCUT2D eigenvalue weighted by atomic mass is 19.1. The standard InChI is InChI=1S/C22H20F2N4O/c23-18-6-2-1-5-17(18)22(29)26-21-10-9-16(15-25-21)27-11-13-28(14-12-27)20-8-4-3-7-19(20)24/h1-10,15H,11-14H2,(H,25,26,29). The molecule has 1 aliphatic heterocycles. The maximum absolute atomic E-state index is 14.0. The fraction of sp³-hybridized carbons (Fsp3) is 0.182. The third-order valence-electron chi connectivity index (χ3n) is 4.95. The largest absolute Gasteiger partial charge is 0.367 e. The number of piperazine rings is 1. The van der Waals surface area contributed by atoms with Crippen LogP contribution in [0.5, 0.6) is 0 Å². The van der Waals surface area contributed by atoms with Crippen molar-refractivity contribution in [2.75, 3.05) is 41.3 Å². The number of rotatable bonds is 4. The minimum Gasteiger partial charge on any atom is -0.367 e. The van der Waals surface area contributed by atoms with Crippen LogP contribution in [0, 0.1) is 11.6 Å². The number of nitrogens with zero attached hydrogens (tertiary/aromatic N) is 3. The van der Waals surface area contributed by atoms with Crippen LogP contribution in [-0.2, 0) is 0 Å². The summed E-state index contributed by atoms with van der Waals surface area (Å²) in [4.78, 5) is 20.6. The zero-order chi connectivity index (χ0) is 20.2. The van der Waals surface area contributed by atoms with Gasteiger partial charge in [0.05, 0.1) is 23.1 Å². The zero-order valence-electron chi connectivity index (χ0n) is 15.7. The van der Waals surface area contributed by atoms with Gasteiger partial charge in [-0.05, 0) is 36.4 Å². The van der Waals surface area contributed by atoms with E-state index >= 15 is 0 Å². The van der Waals surface area contributed by atoms with Crippen molar-refractivity contribution in [1.29, 1.82) is 0 Å². The number of pyridine rings is 1. The van der Waals surface area contributed by atoms with Crippen molar-refractivity contribution in [3.63, 3.8) is 0 Å². The Hall–Kier alpha value is -3.48. The molecule has 7 heteroatoms. The summed E-state index contributed by atoms with van der Waals surface area (Å²) >= 11 is 0. The number of halogens is 2. The molecule has 0 atom stereocenters. The summed E-state index contributed by atoms with van der Waals surface area (Å²) < 4.78 is 27.7. The molecule has 0 saturated carbocycles. The molecule has 4 rings (SSSR count). The number of carbonyl (C=O) groups is 1. The predicted molar refractivity (Wildman–Crippen MR) is 109 cm³/mol. The molecular formula is C22H20F2N4O. The lowest BCUT2D eigenvalue weighted by Crippen LogP contribution is -2.46. The summed E-state index contributed by atoms with van der Waals surface area (Å²) in [6, 6.07) is 16.1. The molecule has 1 saturated heterocycles. The quantitative estimate of drug-likeness (QED) is 0.728. The molecule has 29 heavy (non-hydrogen) atoms. The van der Waals surface area contributed by atoms with Gasteiger partial charge in [0.25, 0.3) is 5.91 Å². The number of benzene rings is 2. The summed E-state index contributed by atoms with van der Waals surface area (Å²) in [6.07, 6.45) is 1.68. The maximum Gasteiger partial charge on any atom is 0.259 e. The minimum atomic E-state index is -0.575. The van der Waals surface area contributed by atoms with E-state index < -0.39 is 11.7 Å². The normalized spacial score (nSPS) is 14.0. The second-order valence-electron chi connectivity index (χ2n) is 6.76. The monoisotopic (exact) mass is 394 g/mol. The predicted octanol–water partition coefficient (Wildman–Crippen LogP) is 3.94. The Morgan fingerprint density at radius 1 is 0.828 bits per heavy atom. The van der Waals surface area contributed by atoms with Crippen LogP contribution in [0.15, 0.2) is 66.9 Å². The fourth-order valence-corrected chi connectivity index (χ4v) is 3.39. The van der Waals surface area contributed by atoms with E-state index in [2.05, 4.69) is 15.2 Å². The lowest BCUT2D eigenvalue weighted by Gasteiger charge is -2.37. The van der Waals surface area contributed by atoms with Gasteiger partial charge in [-0.15, -0.1) is 0 Å². The molecule has 1 fully saturated rings. The molecule has 3 aromatic rings. The van der Waals surface area contributed by atoms with Gasteiger partial charge in [0, 0.05) is 26.2 Å². The number of hydrogen-bond donors (Lipinski definition) is 1. The van der Waals surface area contributed by atoms with Gasteiger partial charge in [-0.25, -0.2) is 13.8 Å². The van der Waals surface area contributed by atoms with Crippen molar-refractivity contribution in [2.24, 2.45) is 0 Å². The van der Waals surface area contributed by atoms with Gasteiger partial charge in [0.15, 0.2) is 0 Å². The summed E-state index contributed by atoms with van der Waals surface area (Å²) in [5, 5.41) is 2.61. The van der Waals surface area contributed by atoms with E-state index in [9.17, 15) is 13.6 Å². The second kappa shape index (κ2) is 8.26. The van der Waals surface area contributed by atoms with Crippen LogP contribution < -0.4 is 15.1 Å². The van der Waals surface area contributed by atoms with Crippen LogP contribution in [0.25, 0.3) is 0 Å². The topological polar surface area (TPSA) is 48.5 Å². The van der Waals surface area contributed by atoms with Crippen LogP contribution >= 0.6 is 0 Å². The molecule has 2 heterocycles. The first-order chi connectivity index (χ1) is 14.1. The van der Waals surface area contributed by atoms with E-state index in [4.69, 9.17) is 0 Å². The molecule has 5 nitrogen and oxygen atoms in total. The van der Waals surface area contributed by atoms with Crippen molar-refractivity contribution in [1.82, 2.24) is 4.98 Å². The molecule has 1 aliphatic rings. The van der Waals surface area contributed by atoms with Crippen LogP contribution in [-0.4, -0.2) is 37.1 Å². The Bertz CT molecular complexity index is 1000. The molecule has 1 amide bonds. The Balaban J connectivity index is 1.37. The average Bonchev–Trinajstić information content (AvgIpc) is 2.75. The Kier molecular flexibility index (Phi) is 5.37. The van der Waals surface area contributed by atoms with Gasteiger partial charge < -0.3 is 15.1 Å². The molecule has 0 radical (unpaired) electrons. The van der Waals surface area contributed by atoms with Gasteiger partial charge in [0.1, 0.15) is 17.5 Å². The van der Waals surface area contributed by atoms with Crippen LogP contribution in [0.1, 0.15) is 10.4 Å². The molecular weight excluding hydrogens is 374 g/mol. The van der Waals surface area contributed by atoms with Crippen LogP contribution in [0.3, 0.4) is 0 Å². The maximum atomic E-state index is 14.0. The van der Waals surface area contributed by atoms with E-state index in [0.717, 1.165) is 18.8 Å². The molecule has 0 spiro atoms. The fourth-order valence-electron chi connectivity index (χ4n) is 3.39. The summed E-state index contributed by atoms with van der Waals surface area (Å²) in [5.74, 6) is -0.972. The number of aromatic nitrogens is 1. The summed E-state index contributed by atoms with van der Waals surface area (Å²) in [5.41, 5.74) is 1.51. The van der Waals surface area contributed by atoms with E-state index in [1.54, 1.807) is 30.5 Å². The molecule has 0 unspecified atom stereocenters. The first-order valence-corrected chi connectivity index (χ1v) is 9.38. The van der Waals surface area contributed by atoms with Crippen LogP contribution in [0.4, 0.5) is 26.0 Å². The molecule has 0 aliphatic carbocycles. The highest BCUT2D eigenvalue weighted by Crippen LogP contribution is 2.23. The minimum absolute atomic E-state index is 0.0253. The SMILES string of the molecule is O=C(Nc1ccc(N2CCN(c3ccccc3F)CC2)cn1)c1ccccc1F. The van der Waals surface area contributed by atoms with Crippen molar-refractivity contribution in [3.8, 4) is 0 Å². The highest BCUT2D eigenvalue weighted by molar-refractivity contribution is 6.03. The summed E-state index contributed by atoms with van der Waals surface area (Å²) in [7, 11) is 0. The van der Waals surface area contributed by atoms with Crippen LogP contribution in [0.2, 0.25) is 0 Å². The number of anilines is 3. The van der Waals surface area contributed by atoms with Gasteiger partial charge >= 0.3 is 0 Å². The van der Waals surface area contributed by atoms with Gasteiger partial charge in [-0.1, -0.05) is 24.3 Å². The van der Waals surface area contributed by atoms with Gasteiger partial charge in [-0.3, -0.25) is 4.79 Å². The number of amides is 1. The molecule has 148 valence electrons. The lowest BCUT2D eigenvalue weighted by atomic mass is 10.2. The molecule has 1 aromatic heterocycles. The summed E-state index contributed by atoms with van der Waals surface area (Å²) in [6.45, 7) is 2.87. The average molecular weight is 394 g/mol. The number of hydrogen-bond acceptors (Lipinski definition) is 4. The molecule has 0 bridgehead atoms. The number of nitrogens with one attached hydrogen (secondary N) is 1. The first-order valence-electron chi connectivity index (χ1n) is 9.38. The Morgan fingerprint density at radius 3 is 2.14 bits per heavy atom. The van der Waals surface area contributed by atoms with Crippen molar-refractivity contribution >= 4 is 23.1 Å². The Morgan fingerprint density at radius 2 is 1.48 bits per heavy atom. The van der Waals surface area contributed by atoms with E-state index in [1.807, 2.05) is 17.0 Å². The van der Waals surface area contributed by atoms with E-state index in [1.165, 1.54) is 24.3 Å². The first kappa shape index (κ1) is 18.9. The molecule has 1 N–H and O–H groups in total. The smallest absolute Gasteiger partial charge is 0.259 e. The highest BCUT2D eigenvalue weighted by Gasteiger charge is 2.20. The van der Waals surface area contributed by atoms with Gasteiger partial charge in [0.2, 0.25) is 0 Å². The Labute approximate surface area is 167 Å². The van der Waals surface area contributed by atoms with E-state index in [0.29, 0.717) is 24.6 Å². The van der Waals surface area contributed by atoms with Crippen molar-refractivity contribution < 1.29 is 13.6 Å². The van der Waals surface area contributed by atoms with Crippen molar-refractivity contribution in [2.45, 2.75) is 0 Å². The lowest BCUT2D eigenvalue weighted by molar-refractivity contribution is 0.102. The second-order valence-corrected chi connectivity index (χ2v) is 6.76.